The van der Waals surface area contributed by atoms with E-state index in [1.807, 2.05) is 43.3 Å². The van der Waals surface area contributed by atoms with Crippen molar-refractivity contribution in [3.63, 3.8) is 0 Å². The van der Waals surface area contributed by atoms with Gasteiger partial charge in [0, 0.05) is 25.4 Å². The van der Waals surface area contributed by atoms with E-state index in [4.69, 9.17) is 5.73 Å². The van der Waals surface area contributed by atoms with Crippen molar-refractivity contribution in [1.29, 1.82) is 0 Å². The molecule has 0 atom stereocenters. The van der Waals surface area contributed by atoms with Crippen LogP contribution < -0.4 is 11.1 Å². The summed E-state index contributed by atoms with van der Waals surface area (Å²) in [5.74, 6) is 0.417. The molecule has 25 heavy (non-hydrogen) atoms. The number of ketones is 1. The van der Waals surface area contributed by atoms with Gasteiger partial charge in [0.15, 0.2) is 5.78 Å². The molecule has 0 spiro atoms. The molecule has 0 unspecified atom stereocenters. The molecule has 1 aromatic carbocycles. The maximum Gasteiger partial charge on any atom is 0.187 e. The van der Waals surface area contributed by atoms with Crippen molar-refractivity contribution in [3.05, 3.63) is 77.5 Å². The first kappa shape index (κ1) is 16.6. The molecule has 6 nitrogen and oxygen atoms in total. The molecule has 0 radical (unpaired) electrons. The quantitative estimate of drug-likeness (QED) is 0.674. The van der Waals surface area contributed by atoms with Crippen LogP contribution in [-0.4, -0.2) is 20.7 Å². The molecule has 0 fully saturated rings. The molecule has 0 aliphatic carbocycles. The van der Waals surface area contributed by atoms with Crippen LogP contribution in [0.2, 0.25) is 0 Å². The summed E-state index contributed by atoms with van der Waals surface area (Å²) in [6.07, 6.45) is 5.07. The van der Waals surface area contributed by atoms with E-state index in [0.29, 0.717) is 24.5 Å². The highest BCUT2D eigenvalue weighted by Gasteiger charge is 2.09. The molecule has 2 heterocycles. The molecule has 3 rings (SSSR count). The second-order valence-electron chi connectivity index (χ2n) is 5.75. The lowest BCUT2D eigenvalue weighted by atomic mass is 10.0. The van der Waals surface area contributed by atoms with E-state index in [1.165, 1.54) is 6.20 Å². The Morgan fingerprint density at radius 3 is 2.68 bits per heavy atom. The highest BCUT2D eigenvalue weighted by Crippen LogP contribution is 2.16. The first-order valence-corrected chi connectivity index (χ1v) is 7.96. The van der Waals surface area contributed by atoms with Gasteiger partial charge in [0.25, 0.3) is 0 Å². The molecule has 0 saturated heterocycles. The summed E-state index contributed by atoms with van der Waals surface area (Å²) < 4.78 is 0. The monoisotopic (exact) mass is 333 g/mol. The summed E-state index contributed by atoms with van der Waals surface area (Å²) in [5.41, 5.74) is 9.79. The molecule has 0 aliphatic heterocycles. The predicted molar refractivity (Wildman–Crippen MR) is 97.2 cm³/mol. The number of aryl methyl sites for hydroxylation is 1. The Morgan fingerprint density at radius 2 is 1.92 bits per heavy atom. The summed E-state index contributed by atoms with van der Waals surface area (Å²) >= 11 is 0. The first-order valence-electron chi connectivity index (χ1n) is 7.96. The minimum absolute atomic E-state index is 0.0471. The average molecular weight is 333 g/mol. The summed E-state index contributed by atoms with van der Waals surface area (Å²) in [5, 5.41) is 3.25. The molecule has 0 saturated carbocycles. The lowest BCUT2D eigenvalue weighted by Gasteiger charge is -2.09. The number of carbonyl (C=O) groups is 1. The number of nitrogens with one attached hydrogen (secondary N) is 1. The number of hydrogen-bond donors (Lipinski definition) is 2. The van der Waals surface area contributed by atoms with Gasteiger partial charge in [-0.3, -0.25) is 9.78 Å². The Bertz CT molecular complexity index is 877. The van der Waals surface area contributed by atoms with Crippen LogP contribution in [0.3, 0.4) is 0 Å². The Balaban J connectivity index is 1.66. The molecular weight excluding hydrogens is 314 g/mol. The van der Waals surface area contributed by atoms with E-state index in [9.17, 15) is 4.79 Å². The number of benzene rings is 1. The summed E-state index contributed by atoms with van der Waals surface area (Å²) in [6, 6.07) is 11.6. The van der Waals surface area contributed by atoms with Crippen molar-refractivity contribution in [2.24, 2.45) is 0 Å². The van der Waals surface area contributed by atoms with Gasteiger partial charge in [-0.15, -0.1) is 0 Å². The second-order valence-corrected chi connectivity index (χ2v) is 5.75. The second kappa shape index (κ2) is 7.53. The van der Waals surface area contributed by atoms with E-state index < -0.39 is 0 Å². The summed E-state index contributed by atoms with van der Waals surface area (Å²) in [7, 11) is 0. The maximum absolute atomic E-state index is 12.3. The van der Waals surface area contributed by atoms with Crippen LogP contribution in [0.15, 0.2) is 55.0 Å². The molecule has 126 valence electrons. The van der Waals surface area contributed by atoms with Gasteiger partial charge in [0.2, 0.25) is 0 Å². The Hall–Kier alpha value is -3.28. The van der Waals surface area contributed by atoms with Crippen LogP contribution in [0.1, 0.15) is 27.3 Å². The van der Waals surface area contributed by atoms with Crippen molar-refractivity contribution >= 4 is 17.3 Å². The van der Waals surface area contributed by atoms with E-state index in [-0.39, 0.29) is 5.78 Å². The third kappa shape index (κ3) is 4.38. The van der Waals surface area contributed by atoms with E-state index in [0.717, 1.165) is 22.5 Å². The molecule has 0 bridgehead atoms. The van der Waals surface area contributed by atoms with Gasteiger partial charge in [-0.2, -0.15) is 0 Å². The van der Waals surface area contributed by atoms with Crippen molar-refractivity contribution in [2.45, 2.75) is 19.9 Å². The van der Waals surface area contributed by atoms with Gasteiger partial charge in [0.1, 0.15) is 11.5 Å². The first-order chi connectivity index (χ1) is 12.1. The number of pyridine rings is 1. The fourth-order valence-electron chi connectivity index (χ4n) is 2.43. The number of nitrogens with zero attached hydrogens (tertiary/aromatic N) is 3. The Kier molecular flexibility index (Phi) is 4.99. The van der Waals surface area contributed by atoms with Crippen LogP contribution >= 0.6 is 0 Å². The number of hydrogen-bond acceptors (Lipinski definition) is 6. The average Bonchev–Trinajstić information content (AvgIpc) is 2.62. The third-order valence-electron chi connectivity index (χ3n) is 3.74. The highest BCUT2D eigenvalue weighted by molar-refractivity contribution is 5.95. The van der Waals surface area contributed by atoms with Crippen molar-refractivity contribution in [3.8, 4) is 0 Å². The van der Waals surface area contributed by atoms with Gasteiger partial charge in [-0.1, -0.05) is 24.3 Å². The summed E-state index contributed by atoms with van der Waals surface area (Å²) in [4.78, 5) is 24.6. The lowest BCUT2D eigenvalue weighted by Crippen LogP contribution is -2.08. The number of rotatable bonds is 6. The Labute approximate surface area is 146 Å². The number of anilines is 2. The van der Waals surface area contributed by atoms with Crippen molar-refractivity contribution in [1.82, 2.24) is 15.0 Å². The fourth-order valence-corrected chi connectivity index (χ4v) is 2.43. The van der Waals surface area contributed by atoms with Crippen molar-refractivity contribution < 1.29 is 4.79 Å². The standard InChI is InChI=1S/C19H19N5O/c1-13-10-23-17(12-22-13)18(25)9-14-4-2-5-15(8-14)11-24-16-6-3-7-21-19(16)20/h2-8,10,12,24H,9,11H2,1H3,(H2,20,21). The highest BCUT2D eigenvalue weighted by atomic mass is 16.1. The lowest BCUT2D eigenvalue weighted by molar-refractivity contribution is 0.0988. The number of nitrogens with two attached hydrogens (primary N) is 1. The fraction of sp³-hybridized carbons (Fsp3) is 0.158. The topological polar surface area (TPSA) is 93.8 Å². The molecule has 3 aromatic rings. The Morgan fingerprint density at radius 1 is 1.08 bits per heavy atom. The smallest absolute Gasteiger partial charge is 0.187 e. The van der Waals surface area contributed by atoms with E-state index in [1.54, 1.807) is 12.4 Å². The van der Waals surface area contributed by atoms with Gasteiger partial charge in [0.05, 0.1) is 17.6 Å². The molecule has 6 heteroatoms. The minimum atomic E-state index is -0.0471. The van der Waals surface area contributed by atoms with Crippen LogP contribution in [0, 0.1) is 6.92 Å². The third-order valence-corrected chi connectivity index (χ3v) is 3.74. The largest absolute Gasteiger partial charge is 0.382 e. The van der Waals surface area contributed by atoms with Crippen LogP contribution in [0.4, 0.5) is 11.5 Å². The van der Waals surface area contributed by atoms with Crippen LogP contribution in [-0.2, 0) is 13.0 Å². The van der Waals surface area contributed by atoms with E-state index >= 15 is 0 Å². The molecule has 2 aromatic heterocycles. The van der Waals surface area contributed by atoms with Gasteiger partial charge in [-0.25, -0.2) is 9.97 Å². The number of Topliss-reactive ketones (excluding diaryl/α,β-unsaturated/α-hetero) is 1. The SMILES string of the molecule is Cc1cnc(C(=O)Cc2cccc(CNc3cccnc3N)c2)cn1. The zero-order chi connectivity index (χ0) is 17.6. The minimum Gasteiger partial charge on any atom is -0.382 e. The predicted octanol–water partition coefficient (Wildman–Crippen LogP) is 2.80. The van der Waals surface area contributed by atoms with Gasteiger partial charge in [-0.05, 0) is 30.2 Å². The van der Waals surface area contributed by atoms with Gasteiger partial charge < -0.3 is 11.1 Å². The number of aromatic nitrogens is 3. The normalized spacial score (nSPS) is 10.4. The van der Waals surface area contributed by atoms with Gasteiger partial charge >= 0.3 is 0 Å². The van der Waals surface area contributed by atoms with Crippen LogP contribution in [0.5, 0.6) is 0 Å². The van der Waals surface area contributed by atoms with Crippen molar-refractivity contribution in [2.75, 3.05) is 11.1 Å². The molecule has 3 N–H and O–H groups in total. The zero-order valence-electron chi connectivity index (χ0n) is 13.9. The van der Waals surface area contributed by atoms with Crippen LogP contribution in [0.25, 0.3) is 0 Å². The maximum atomic E-state index is 12.3. The number of carbonyl (C=O) groups excluding carboxylic acids is 1. The zero-order valence-corrected chi connectivity index (χ0v) is 13.9. The van der Waals surface area contributed by atoms with E-state index in [2.05, 4.69) is 20.3 Å². The molecular formula is C19H19N5O. The number of nitrogen functional groups attached to an aromatic ring is 1. The summed E-state index contributed by atoms with van der Waals surface area (Å²) in [6.45, 7) is 2.44. The molecule has 0 aliphatic rings. The molecule has 0 amide bonds.